The van der Waals surface area contributed by atoms with E-state index < -0.39 is 0 Å². The summed E-state index contributed by atoms with van der Waals surface area (Å²) in [5, 5.41) is 17.6. The van der Waals surface area contributed by atoms with Crippen LogP contribution in [0.5, 0.6) is 0 Å². The molecule has 0 aromatic rings. The van der Waals surface area contributed by atoms with Crippen LogP contribution in [0.2, 0.25) is 0 Å². The minimum atomic E-state index is 0.0123. The highest BCUT2D eigenvalue weighted by molar-refractivity contribution is 8.05. The van der Waals surface area contributed by atoms with Crippen molar-refractivity contribution in [1.29, 1.82) is 10.5 Å². The average Bonchev–Trinajstić information content (AvgIpc) is 2.33. The number of nitrogens with zero attached hydrogens (tertiary/aromatic N) is 2. The summed E-state index contributed by atoms with van der Waals surface area (Å²) >= 11 is 1.60. The molecule has 1 aliphatic rings. The van der Waals surface area contributed by atoms with Gasteiger partial charge in [-0.05, 0) is 33.3 Å². The first-order valence-corrected chi connectivity index (χ1v) is 5.17. The Labute approximate surface area is 88.9 Å². The Morgan fingerprint density at radius 3 is 2.00 bits per heavy atom. The molecule has 1 aliphatic heterocycles. The van der Waals surface area contributed by atoms with Crippen molar-refractivity contribution >= 4 is 11.8 Å². The molecule has 0 radical (unpaired) electrons. The predicted octanol–water partition coefficient (Wildman–Crippen LogP) is 3.15. The molecule has 0 unspecified atom stereocenters. The van der Waals surface area contributed by atoms with Crippen molar-refractivity contribution in [1.82, 2.24) is 0 Å². The monoisotopic (exact) mass is 204 g/mol. The van der Waals surface area contributed by atoms with E-state index >= 15 is 0 Å². The van der Waals surface area contributed by atoms with Crippen LogP contribution in [-0.2, 0) is 0 Å². The van der Waals surface area contributed by atoms with Crippen LogP contribution < -0.4 is 0 Å². The van der Waals surface area contributed by atoms with Crippen LogP contribution in [0.25, 0.3) is 0 Å². The lowest BCUT2D eigenvalue weighted by atomic mass is 9.98. The van der Waals surface area contributed by atoms with Gasteiger partial charge in [-0.1, -0.05) is 5.57 Å². The maximum absolute atomic E-state index is 8.79. The number of thioether (sulfide) groups is 1. The van der Waals surface area contributed by atoms with E-state index in [2.05, 4.69) is 20.8 Å². The van der Waals surface area contributed by atoms with Gasteiger partial charge < -0.3 is 0 Å². The second-order valence-electron chi connectivity index (χ2n) is 3.79. The van der Waals surface area contributed by atoms with Crippen molar-refractivity contribution in [2.75, 3.05) is 0 Å². The van der Waals surface area contributed by atoms with Crippen LogP contribution in [0.1, 0.15) is 27.7 Å². The molecule has 1 rings (SSSR count). The fourth-order valence-electron chi connectivity index (χ4n) is 1.40. The van der Waals surface area contributed by atoms with Crippen molar-refractivity contribution in [3.8, 4) is 12.1 Å². The van der Waals surface area contributed by atoms with Crippen LogP contribution in [0.4, 0.5) is 0 Å². The van der Waals surface area contributed by atoms with Gasteiger partial charge in [-0.3, -0.25) is 0 Å². The van der Waals surface area contributed by atoms with E-state index in [0.29, 0.717) is 0 Å². The Balaban J connectivity index is 3.34. The molecule has 0 aromatic heterocycles. The number of hydrogen-bond donors (Lipinski definition) is 0. The van der Waals surface area contributed by atoms with Crippen LogP contribution in [0.15, 0.2) is 21.6 Å². The first kappa shape index (κ1) is 10.9. The third kappa shape index (κ3) is 1.56. The molecular formula is C11H12N2S. The molecule has 3 heteroatoms. The zero-order valence-corrected chi connectivity index (χ0v) is 9.62. The molecule has 0 saturated heterocycles. The Morgan fingerprint density at radius 1 is 1.21 bits per heavy atom. The molecule has 0 bridgehead atoms. The molecule has 72 valence electrons. The van der Waals surface area contributed by atoms with Gasteiger partial charge in [-0.25, -0.2) is 0 Å². The maximum Gasteiger partial charge on any atom is 0.143 e. The van der Waals surface area contributed by atoms with E-state index in [-0.39, 0.29) is 10.3 Å². The zero-order chi connectivity index (χ0) is 10.9. The summed E-state index contributed by atoms with van der Waals surface area (Å²) in [7, 11) is 0. The first-order valence-electron chi connectivity index (χ1n) is 4.36. The van der Waals surface area contributed by atoms with Gasteiger partial charge in [0.1, 0.15) is 17.7 Å². The molecule has 0 saturated carbocycles. The van der Waals surface area contributed by atoms with Crippen molar-refractivity contribution in [2.45, 2.75) is 32.4 Å². The van der Waals surface area contributed by atoms with E-state index in [4.69, 9.17) is 10.5 Å². The summed E-state index contributed by atoms with van der Waals surface area (Å²) < 4.78 is 0.0123. The van der Waals surface area contributed by atoms with Gasteiger partial charge in [-0.15, -0.1) is 11.8 Å². The third-order valence-electron chi connectivity index (χ3n) is 2.61. The second kappa shape index (κ2) is 3.52. The summed E-state index contributed by atoms with van der Waals surface area (Å²) in [5.74, 6) is 0. The highest BCUT2D eigenvalue weighted by Gasteiger charge is 2.33. The molecule has 0 atom stereocenters. The molecule has 14 heavy (non-hydrogen) atoms. The number of rotatable bonds is 0. The molecular weight excluding hydrogens is 192 g/mol. The summed E-state index contributed by atoms with van der Waals surface area (Å²) in [6, 6.07) is 3.89. The number of nitriles is 2. The van der Waals surface area contributed by atoms with Gasteiger partial charge in [-0.2, -0.15) is 10.5 Å². The van der Waals surface area contributed by atoms with E-state index in [0.717, 1.165) is 10.5 Å². The number of allylic oxidation sites excluding steroid dienone is 2. The SMILES string of the molecule is CC1=C(C)C(C)(C)SC1=C(C#N)C#N. The predicted molar refractivity (Wildman–Crippen MR) is 58.3 cm³/mol. The largest absolute Gasteiger partial charge is 0.192 e. The van der Waals surface area contributed by atoms with Gasteiger partial charge in [0.05, 0.1) is 0 Å². The summed E-state index contributed by atoms with van der Waals surface area (Å²) in [5.41, 5.74) is 2.57. The Bertz CT molecular complexity index is 398. The molecule has 1 heterocycles. The van der Waals surface area contributed by atoms with E-state index in [9.17, 15) is 0 Å². The molecule has 0 spiro atoms. The highest BCUT2D eigenvalue weighted by Crippen LogP contribution is 2.50. The zero-order valence-electron chi connectivity index (χ0n) is 8.80. The van der Waals surface area contributed by atoms with Crippen LogP contribution in [-0.4, -0.2) is 4.75 Å². The second-order valence-corrected chi connectivity index (χ2v) is 5.42. The smallest absolute Gasteiger partial charge is 0.143 e. The molecule has 0 aromatic carbocycles. The minimum absolute atomic E-state index is 0.0123. The molecule has 0 amide bonds. The maximum atomic E-state index is 8.79. The van der Waals surface area contributed by atoms with E-state index in [1.165, 1.54) is 5.57 Å². The van der Waals surface area contributed by atoms with Crippen LogP contribution >= 0.6 is 11.8 Å². The highest BCUT2D eigenvalue weighted by atomic mass is 32.2. The van der Waals surface area contributed by atoms with Crippen molar-refractivity contribution in [3.05, 3.63) is 21.6 Å². The Morgan fingerprint density at radius 2 is 1.71 bits per heavy atom. The molecule has 0 aliphatic carbocycles. The fraction of sp³-hybridized carbons (Fsp3) is 0.455. The van der Waals surface area contributed by atoms with Crippen molar-refractivity contribution in [2.24, 2.45) is 0 Å². The lowest BCUT2D eigenvalue weighted by Gasteiger charge is -2.17. The molecule has 0 N–H and O–H groups in total. The summed E-state index contributed by atoms with van der Waals surface area (Å²) in [4.78, 5) is 0.845. The van der Waals surface area contributed by atoms with Gasteiger partial charge in [0, 0.05) is 9.65 Å². The first-order chi connectivity index (χ1) is 6.44. The van der Waals surface area contributed by atoms with Crippen LogP contribution in [0, 0.1) is 22.7 Å². The van der Waals surface area contributed by atoms with Gasteiger partial charge >= 0.3 is 0 Å². The summed E-state index contributed by atoms with van der Waals surface area (Å²) in [6.45, 7) is 8.24. The van der Waals surface area contributed by atoms with E-state index in [1.807, 2.05) is 19.1 Å². The fourth-order valence-corrected chi connectivity index (χ4v) is 2.71. The third-order valence-corrected chi connectivity index (χ3v) is 4.15. The topological polar surface area (TPSA) is 47.6 Å². The lowest BCUT2D eigenvalue weighted by molar-refractivity contribution is 0.838. The lowest BCUT2D eigenvalue weighted by Crippen LogP contribution is -2.11. The van der Waals surface area contributed by atoms with Gasteiger partial charge in [0.2, 0.25) is 0 Å². The number of hydrogen-bond acceptors (Lipinski definition) is 3. The van der Waals surface area contributed by atoms with Gasteiger partial charge in [0.25, 0.3) is 0 Å². The average molecular weight is 204 g/mol. The molecule has 0 fully saturated rings. The van der Waals surface area contributed by atoms with Crippen molar-refractivity contribution in [3.63, 3.8) is 0 Å². The summed E-state index contributed by atoms with van der Waals surface area (Å²) in [6.07, 6.45) is 0. The minimum Gasteiger partial charge on any atom is -0.192 e. The van der Waals surface area contributed by atoms with Crippen LogP contribution in [0.3, 0.4) is 0 Å². The quantitative estimate of drug-likeness (QED) is 0.569. The Hall–Kier alpha value is -1.19. The van der Waals surface area contributed by atoms with E-state index in [1.54, 1.807) is 11.8 Å². The van der Waals surface area contributed by atoms with Gasteiger partial charge in [0.15, 0.2) is 0 Å². The molecule has 2 nitrogen and oxygen atoms in total. The normalized spacial score (nSPS) is 19.1. The Kier molecular flexibility index (Phi) is 2.73. The standard InChI is InChI=1S/C11H12N2S/c1-7-8(2)11(3,4)14-10(7)9(5-12)6-13/h1-4H3. The van der Waals surface area contributed by atoms with Crippen molar-refractivity contribution < 1.29 is 0 Å².